The van der Waals surface area contributed by atoms with Crippen molar-refractivity contribution in [3.63, 3.8) is 0 Å². The molecule has 2 saturated heterocycles. The van der Waals surface area contributed by atoms with E-state index in [-0.39, 0.29) is 17.7 Å². The molecule has 16 atom stereocenters. The molecule has 0 radical (unpaired) electrons. The lowest BCUT2D eigenvalue weighted by atomic mass is 9.94. The van der Waals surface area contributed by atoms with Crippen LogP contribution in [0, 0.1) is 0 Å². The summed E-state index contributed by atoms with van der Waals surface area (Å²) in [6, 6.07) is -10.6. The van der Waals surface area contributed by atoms with Crippen LogP contribution in [0.4, 0.5) is 0 Å². The summed E-state index contributed by atoms with van der Waals surface area (Å²) in [5.74, 6) is -15.9. The molecule has 0 saturated carbocycles. The molecule has 86 heavy (non-hydrogen) atoms. The molecule has 2 heterocycles. The number of benzene rings is 1. The van der Waals surface area contributed by atoms with E-state index < -0.39 is 214 Å². The Morgan fingerprint density at radius 1 is 0.616 bits per heavy atom. The van der Waals surface area contributed by atoms with Gasteiger partial charge in [-0.3, -0.25) is 52.7 Å². The Balaban J connectivity index is 2.17. The number of phenols is 1. The third-order valence-electron chi connectivity index (χ3n) is 13.9. The number of primary amides is 3. The van der Waals surface area contributed by atoms with Crippen molar-refractivity contribution < 1.29 is 113 Å². The summed E-state index contributed by atoms with van der Waals surface area (Å²) < 4.78 is 11.3. The van der Waals surface area contributed by atoms with Crippen LogP contribution in [0.15, 0.2) is 24.3 Å². The molecule has 484 valence electrons. The van der Waals surface area contributed by atoms with Crippen molar-refractivity contribution >= 4 is 65.0 Å². The Morgan fingerprint density at radius 2 is 1.12 bits per heavy atom. The number of aromatic hydroxyl groups is 1. The van der Waals surface area contributed by atoms with Gasteiger partial charge < -0.3 is 120 Å². The Labute approximate surface area is 493 Å². The maximum absolute atomic E-state index is 14.2. The van der Waals surface area contributed by atoms with E-state index in [1.807, 2.05) is 21.3 Å². The minimum absolute atomic E-state index is 0.0549. The number of nitrogens with two attached hydrogens (primary N) is 3. The Kier molecular flexibility index (Phi) is 31.1. The van der Waals surface area contributed by atoms with Gasteiger partial charge in [-0.2, -0.15) is 0 Å². The molecular weight excluding hydrogens is 1150 g/mol. The molecule has 2 aliphatic rings. The van der Waals surface area contributed by atoms with E-state index in [1.165, 1.54) is 0 Å². The van der Waals surface area contributed by atoms with Crippen LogP contribution in [0.1, 0.15) is 108 Å². The van der Waals surface area contributed by atoms with E-state index in [9.17, 15) is 104 Å². The summed E-state index contributed by atoms with van der Waals surface area (Å²) in [5.41, 5.74) is 15.8. The Bertz CT molecular complexity index is 2450. The third-order valence-corrected chi connectivity index (χ3v) is 13.9. The highest BCUT2D eigenvalue weighted by Gasteiger charge is 2.43. The lowest BCUT2D eigenvalue weighted by molar-refractivity contribution is -0.293. The van der Waals surface area contributed by atoms with E-state index in [0.29, 0.717) is 12.8 Å². The average Bonchev–Trinajstić information content (AvgIpc) is 3.43. The van der Waals surface area contributed by atoms with Gasteiger partial charge in [-0.15, -0.1) is 0 Å². The molecule has 0 aliphatic carbocycles. The van der Waals surface area contributed by atoms with E-state index >= 15 is 0 Å². The molecule has 34 heteroatoms. The molecule has 2 aliphatic heterocycles. The first-order valence-electron chi connectivity index (χ1n) is 27.9. The number of unbranched alkanes of at least 4 members (excludes halogenated alkanes) is 8. The summed E-state index contributed by atoms with van der Waals surface area (Å²) in [5, 5.41) is 124. The third kappa shape index (κ3) is 23.9. The van der Waals surface area contributed by atoms with E-state index in [0.717, 1.165) is 69.2 Å². The van der Waals surface area contributed by atoms with Crippen molar-refractivity contribution in [3.05, 3.63) is 29.8 Å². The zero-order chi connectivity index (χ0) is 64.4. The molecule has 24 N–H and O–H groups in total. The van der Waals surface area contributed by atoms with Gasteiger partial charge in [-0.05, 0) is 30.5 Å². The number of rotatable bonds is 26. The molecule has 34 nitrogen and oxygen atoms in total. The van der Waals surface area contributed by atoms with Crippen LogP contribution in [0.3, 0.4) is 0 Å². The molecule has 11 amide bonds. The van der Waals surface area contributed by atoms with Crippen molar-refractivity contribution in [1.82, 2.24) is 42.5 Å². The first kappa shape index (κ1) is 73.0. The topological polar surface area (TPSA) is 583 Å². The Hall–Kier alpha value is -7.25. The van der Waals surface area contributed by atoms with Gasteiger partial charge in [-0.1, -0.05) is 76.8 Å². The number of nitrogens with one attached hydrogen (secondary N) is 8. The number of carbonyl (C=O) groups is 11. The first-order valence-corrected chi connectivity index (χ1v) is 27.9. The van der Waals surface area contributed by atoms with Gasteiger partial charge in [0, 0.05) is 12.5 Å². The van der Waals surface area contributed by atoms with Gasteiger partial charge in [-0.25, -0.2) is 0 Å². The van der Waals surface area contributed by atoms with Crippen LogP contribution < -0.4 is 59.7 Å². The fourth-order valence-corrected chi connectivity index (χ4v) is 9.08. The van der Waals surface area contributed by atoms with Gasteiger partial charge in [0.1, 0.15) is 72.5 Å². The monoisotopic (exact) mass is 1230 g/mol. The van der Waals surface area contributed by atoms with Crippen LogP contribution in [0.5, 0.6) is 5.75 Å². The van der Waals surface area contributed by atoms with Crippen LogP contribution in [0.25, 0.3) is 0 Å². The summed E-state index contributed by atoms with van der Waals surface area (Å²) in [6.07, 6.45) is -13.7. The van der Waals surface area contributed by atoms with Gasteiger partial charge >= 0.3 is 0 Å². The molecule has 1 aromatic carbocycles. The molecule has 0 unspecified atom stereocenters. The number of aliphatic hydroxyl groups is 9. The normalized spacial score (nSPS) is 27.3. The fourth-order valence-electron chi connectivity index (χ4n) is 9.08. The zero-order valence-corrected chi connectivity index (χ0v) is 47.3. The van der Waals surface area contributed by atoms with Crippen LogP contribution >= 0.6 is 0 Å². The maximum atomic E-state index is 14.2. The lowest BCUT2D eigenvalue weighted by Gasteiger charge is -2.38. The van der Waals surface area contributed by atoms with E-state index in [1.54, 1.807) is 0 Å². The summed E-state index contributed by atoms with van der Waals surface area (Å²) in [4.78, 5) is 147. The Morgan fingerprint density at radius 3 is 1.67 bits per heavy atom. The second-order valence-corrected chi connectivity index (χ2v) is 20.9. The van der Waals surface area contributed by atoms with Crippen molar-refractivity contribution in [2.45, 2.75) is 194 Å². The van der Waals surface area contributed by atoms with Crippen LogP contribution in [0.2, 0.25) is 0 Å². The van der Waals surface area contributed by atoms with Crippen LogP contribution in [-0.2, 0) is 62.2 Å². The standard InChI is InChI=1S/C52H83N11O23/c1-2-3-4-5-6-7-8-9-10-11-33(86-52-44(77)42(75)32(68)23-85-52)41(74)31(67)16-25-17-36(71)59-29(21-64)48(81)62-38(40(73)24-12-14-26(66)15-13-24)51(84)60-27(18-34(53)69)46(79)56-20-37(72)58-28(19-35(54)70)47(80)61-30(22-65)49(82)63-39(50(83)57-25)43(76)45(55)78/h12-15,25,27-33,38-44,52,64-68,73-77H,2-11,16-23H2,1H3,(H2,53,69)(H2,54,70)(H2,55,78)(H,56,79)(H,57,83)(H,58,72)(H,59,71)(H,60,84)(H,61,80)(H,62,81)(H,63,82)/t25-,27-,28+,29-,30+,31-,32+,33+,38-,39+,40-,41-,42-,43+,44+,52-/m1/s1. The van der Waals surface area contributed by atoms with Crippen molar-refractivity contribution in [1.29, 1.82) is 0 Å². The molecule has 2 fully saturated rings. The van der Waals surface area contributed by atoms with E-state index in [4.69, 9.17) is 26.7 Å². The fraction of sp³-hybridized carbons (Fsp3) is 0.673. The summed E-state index contributed by atoms with van der Waals surface area (Å²) in [7, 11) is 0. The second-order valence-electron chi connectivity index (χ2n) is 20.9. The maximum Gasteiger partial charge on any atom is 0.248 e. The number of carbonyl (C=O) groups excluding carboxylic acids is 11. The average molecular weight is 1230 g/mol. The molecule has 0 spiro atoms. The minimum Gasteiger partial charge on any atom is -0.508 e. The van der Waals surface area contributed by atoms with Crippen LogP contribution in [-0.4, -0.2) is 234 Å². The highest BCUT2D eigenvalue weighted by Crippen LogP contribution is 2.25. The van der Waals surface area contributed by atoms with Crippen molar-refractivity contribution in [2.24, 2.45) is 17.2 Å². The molecule has 0 aromatic heterocycles. The van der Waals surface area contributed by atoms with Gasteiger partial charge in [0.25, 0.3) is 0 Å². The predicted molar refractivity (Wildman–Crippen MR) is 292 cm³/mol. The molecule has 3 rings (SSSR count). The van der Waals surface area contributed by atoms with Gasteiger partial charge in [0.2, 0.25) is 65.0 Å². The quantitative estimate of drug-likeness (QED) is 0.0383. The highest BCUT2D eigenvalue weighted by molar-refractivity contribution is 6.00. The van der Waals surface area contributed by atoms with E-state index in [2.05, 4.69) is 28.2 Å². The molecule has 0 bridgehead atoms. The number of hydrogen-bond acceptors (Lipinski definition) is 23. The second kappa shape index (κ2) is 36.7. The highest BCUT2D eigenvalue weighted by atomic mass is 16.7. The first-order chi connectivity index (χ1) is 40.6. The predicted octanol–water partition coefficient (Wildman–Crippen LogP) is -9.22. The number of aliphatic hydroxyl groups excluding tert-OH is 9. The van der Waals surface area contributed by atoms with Gasteiger partial charge in [0.05, 0.1) is 51.4 Å². The largest absolute Gasteiger partial charge is 0.508 e. The lowest BCUT2D eigenvalue weighted by Crippen LogP contribution is -2.63. The van der Waals surface area contributed by atoms with Gasteiger partial charge in [0.15, 0.2) is 12.4 Å². The number of amides is 11. The number of hydrogen-bond donors (Lipinski definition) is 21. The van der Waals surface area contributed by atoms with Crippen molar-refractivity contribution in [3.8, 4) is 5.75 Å². The number of ether oxygens (including phenoxy) is 2. The summed E-state index contributed by atoms with van der Waals surface area (Å²) >= 11 is 0. The minimum atomic E-state index is -2.68. The SMILES string of the molecule is CCCCCCCCCCC[C@H](O[C@H]1OC[C@H](O)[C@@H](O)[C@@H]1O)[C@H](O)[C@H](O)C[C@@H]1CC(=O)N[C@H](CO)C(=O)N[C@H]([C@H](O)c2ccc(O)cc2)C(=O)N[C@H](CC(N)=O)C(=O)NCC(=O)N[C@@H](CC(N)=O)C(=O)N[C@@H](CO)C(=O)N[C@@H]([C@H](O)C(N)=O)C(=O)N1. The smallest absolute Gasteiger partial charge is 0.248 e. The molecule has 1 aromatic rings. The number of phenolic OH excluding ortho intramolecular Hbond substituents is 1. The molecular formula is C52H83N11O23. The van der Waals surface area contributed by atoms with Crippen molar-refractivity contribution in [2.75, 3.05) is 26.4 Å². The zero-order valence-electron chi connectivity index (χ0n) is 47.3. The summed E-state index contributed by atoms with van der Waals surface area (Å²) in [6.45, 7) is -2.19.